The van der Waals surface area contributed by atoms with Gasteiger partial charge in [0.05, 0.1) is 11.2 Å². The number of nitrogens with one attached hydrogen (secondary N) is 2. The second-order valence-corrected chi connectivity index (χ2v) is 5.37. The Kier molecular flexibility index (Phi) is 5.83. The summed E-state index contributed by atoms with van der Waals surface area (Å²) in [4.78, 5) is 4.14. The Morgan fingerprint density at radius 3 is 2.19 bits per heavy atom. The van der Waals surface area contributed by atoms with Crippen molar-refractivity contribution >= 4 is 11.6 Å². The maximum Gasteiger partial charge on any atom is 0.416 e. The van der Waals surface area contributed by atoms with Gasteiger partial charge in [-0.3, -0.25) is 0 Å². The second kappa shape index (κ2) is 6.98. The number of anilines is 2. The normalized spacial score (nSPS) is 12.3. The van der Waals surface area contributed by atoms with Crippen LogP contribution in [0.4, 0.5) is 24.8 Å². The molecule has 0 bridgehead atoms. The van der Waals surface area contributed by atoms with Crippen LogP contribution in [0.3, 0.4) is 0 Å². The number of methoxy groups -OCH3 is 1. The highest BCUT2D eigenvalue weighted by Crippen LogP contribution is 2.32. The van der Waals surface area contributed by atoms with E-state index in [1.54, 1.807) is 7.11 Å². The van der Waals surface area contributed by atoms with Crippen molar-refractivity contribution in [1.82, 2.24) is 4.98 Å². The average Bonchev–Trinajstić information content (AvgIpc) is 2.42. The van der Waals surface area contributed by atoms with Gasteiger partial charge < -0.3 is 15.4 Å². The first-order valence-electron chi connectivity index (χ1n) is 6.80. The predicted molar refractivity (Wildman–Crippen MR) is 77.6 cm³/mol. The molecule has 0 radical (unpaired) electrons. The zero-order chi connectivity index (χ0) is 16.1. The number of rotatable bonds is 7. The van der Waals surface area contributed by atoms with E-state index in [9.17, 15) is 13.2 Å². The summed E-state index contributed by atoms with van der Waals surface area (Å²) in [5, 5.41) is 5.77. The number of hydrogen-bond donors (Lipinski definition) is 2. The number of aromatic nitrogens is 1. The van der Waals surface area contributed by atoms with E-state index in [1.165, 1.54) is 0 Å². The van der Waals surface area contributed by atoms with Crippen LogP contribution in [-0.2, 0) is 10.9 Å². The van der Waals surface area contributed by atoms with Gasteiger partial charge in [-0.15, -0.1) is 0 Å². The molecule has 0 atom stereocenters. The van der Waals surface area contributed by atoms with Gasteiger partial charge in [-0.25, -0.2) is 4.98 Å². The number of hydrogen-bond acceptors (Lipinski definition) is 4. The van der Waals surface area contributed by atoms with Crippen molar-refractivity contribution in [1.29, 1.82) is 0 Å². The van der Waals surface area contributed by atoms with Gasteiger partial charge in [0.1, 0.15) is 11.6 Å². The van der Waals surface area contributed by atoms with Crippen molar-refractivity contribution in [2.75, 3.05) is 30.8 Å². The fraction of sp³-hybridized carbons (Fsp3) is 0.643. The SMILES string of the molecule is CCCNc1cc(C(F)(F)F)cc(NCC(C)(C)OC)n1. The lowest BCUT2D eigenvalue weighted by molar-refractivity contribution is -0.137. The van der Waals surface area contributed by atoms with Crippen LogP contribution >= 0.6 is 0 Å². The molecule has 1 heterocycles. The van der Waals surface area contributed by atoms with Crippen LogP contribution < -0.4 is 10.6 Å². The molecule has 0 spiro atoms. The van der Waals surface area contributed by atoms with Crippen LogP contribution in [-0.4, -0.2) is 30.8 Å². The van der Waals surface area contributed by atoms with Crippen LogP contribution in [0.2, 0.25) is 0 Å². The minimum atomic E-state index is -4.40. The van der Waals surface area contributed by atoms with E-state index in [-0.39, 0.29) is 11.6 Å². The largest absolute Gasteiger partial charge is 0.416 e. The predicted octanol–water partition coefficient (Wildman–Crippen LogP) is 3.76. The molecule has 0 aliphatic rings. The number of nitrogens with zero attached hydrogens (tertiary/aromatic N) is 1. The third-order valence-corrected chi connectivity index (χ3v) is 2.96. The molecule has 1 aromatic heterocycles. The minimum absolute atomic E-state index is 0.175. The third kappa shape index (κ3) is 5.79. The van der Waals surface area contributed by atoms with Gasteiger partial charge in [-0.05, 0) is 32.4 Å². The molecule has 0 fully saturated rings. The van der Waals surface area contributed by atoms with Crippen LogP contribution in [0.5, 0.6) is 0 Å². The monoisotopic (exact) mass is 305 g/mol. The van der Waals surface area contributed by atoms with Crippen molar-refractivity contribution in [2.45, 2.75) is 39.0 Å². The Bertz CT molecular complexity index is 461. The van der Waals surface area contributed by atoms with E-state index in [1.807, 2.05) is 20.8 Å². The Hall–Kier alpha value is -1.50. The maximum absolute atomic E-state index is 12.9. The summed E-state index contributed by atoms with van der Waals surface area (Å²) in [5.41, 5.74) is -1.22. The molecule has 120 valence electrons. The molecule has 0 aromatic carbocycles. The van der Waals surface area contributed by atoms with Gasteiger partial charge in [0.2, 0.25) is 0 Å². The van der Waals surface area contributed by atoms with Gasteiger partial charge in [0, 0.05) is 20.2 Å². The lowest BCUT2D eigenvalue weighted by atomic mass is 10.1. The van der Waals surface area contributed by atoms with Gasteiger partial charge >= 0.3 is 6.18 Å². The molecule has 7 heteroatoms. The standard InChI is InChI=1S/C14H22F3N3O/c1-5-6-18-11-7-10(14(15,16)17)8-12(20-11)19-9-13(2,3)21-4/h7-8H,5-6,9H2,1-4H3,(H2,18,19,20). The molecule has 4 nitrogen and oxygen atoms in total. The summed E-state index contributed by atoms with van der Waals surface area (Å²) in [6.45, 7) is 6.52. The molecule has 0 saturated heterocycles. The zero-order valence-corrected chi connectivity index (χ0v) is 12.8. The first kappa shape index (κ1) is 17.6. The highest BCUT2D eigenvalue weighted by Gasteiger charge is 2.31. The first-order valence-corrected chi connectivity index (χ1v) is 6.80. The van der Waals surface area contributed by atoms with E-state index >= 15 is 0 Å². The summed E-state index contributed by atoms with van der Waals surface area (Å²) in [7, 11) is 1.55. The molecule has 0 aliphatic heterocycles. The van der Waals surface area contributed by atoms with Gasteiger partial charge in [0.15, 0.2) is 0 Å². The third-order valence-electron chi connectivity index (χ3n) is 2.96. The van der Waals surface area contributed by atoms with E-state index < -0.39 is 17.3 Å². The average molecular weight is 305 g/mol. The second-order valence-electron chi connectivity index (χ2n) is 5.37. The fourth-order valence-electron chi connectivity index (χ4n) is 1.50. The molecule has 0 amide bonds. The van der Waals surface area contributed by atoms with Crippen LogP contribution in [0.1, 0.15) is 32.8 Å². The topological polar surface area (TPSA) is 46.2 Å². The Morgan fingerprint density at radius 1 is 1.14 bits per heavy atom. The van der Waals surface area contributed by atoms with E-state index in [0.29, 0.717) is 13.1 Å². The lowest BCUT2D eigenvalue weighted by Crippen LogP contribution is -2.32. The highest BCUT2D eigenvalue weighted by molar-refractivity contribution is 5.50. The molecule has 0 saturated carbocycles. The molecule has 2 N–H and O–H groups in total. The smallest absolute Gasteiger partial charge is 0.377 e. The molecular weight excluding hydrogens is 283 g/mol. The summed E-state index contributed by atoms with van der Waals surface area (Å²) >= 11 is 0. The highest BCUT2D eigenvalue weighted by atomic mass is 19.4. The van der Waals surface area contributed by atoms with Gasteiger partial charge in [0.25, 0.3) is 0 Å². The number of alkyl halides is 3. The molecule has 0 unspecified atom stereocenters. The number of ether oxygens (including phenoxy) is 1. The lowest BCUT2D eigenvalue weighted by Gasteiger charge is -2.24. The van der Waals surface area contributed by atoms with Crippen molar-refractivity contribution in [3.8, 4) is 0 Å². The minimum Gasteiger partial charge on any atom is -0.377 e. The Labute approximate surface area is 123 Å². The molecular formula is C14H22F3N3O. The van der Waals surface area contributed by atoms with E-state index in [2.05, 4.69) is 15.6 Å². The van der Waals surface area contributed by atoms with Crippen molar-refractivity contribution < 1.29 is 17.9 Å². The van der Waals surface area contributed by atoms with Crippen molar-refractivity contribution in [3.63, 3.8) is 0 Å². The summed E-state index contributed by atoms with van der Waals surface area (Å²) < 4.78 is 43.9. The van der Waals surface area contributed by atoms with Crippen LogP contribution in [0.15, 0.2) is 12.1 Å². The summed E-state index contributed by atoms with van der Waals surface area (Å²) in [6, 6.07) is 2.02. The van der Waals surface area contributed by atoms with Crippen molar-refractivity contribution in [2.24, 2.45) is 0 Å². The quantitative estimate of drug-likeness (QED) is 0.805. The molecule has 0 aliphatic carbocycles. The maximum atomic E-state index is 12.9. The zero-order valence-electron chi connectivity index (χ0n) is 12.8. The van der Waals surface area contributed by atoms with Crippen LogP contribution in [0.25, 0.3) is 0 Å². The van der Waals surface area contributed by atoms with Gasteiger partial charge in [-0.1, -0.05) is 6.92 Å². The van der Waals surface area contributed by atoms with E-state index in [4.69, 9.17) is 4.74 Å². The molecule has 1 aromatic rings. The van der Waals surface area contributed by atoms with Gasteiger partial charge in [-0.2, -0.15) is 13.2 Å². The first-order chi connectivity index (χ1) is 9.68. The fourth-order valence-corrected chi connectivity index (χ4v) is 1.50. The molecule has 1 rings (SSSR count). The number of pyridine rings is 1. The molecule has 21 heavy (non-hydrogen) atoms. The van der Waals surface area contributed by atoms with Crippen molar-refractivity contribution in [3.05, 3.63) is 17.7 Å². The Morgan fingerprint density at radius 2 is 1.71 bits per heavy atom. The summed E-state index contributed by atoms with van der Waals surface area (Å²) in [6.07, 6.45) is -3.60. The number of halogens is 3. The van der Waals surface area contributed by atoms with Crippen LogP contribution in [0, 0.1) is 0 Å². The Balaban J connectivity index is 2.96. The summed E-state index contributed by atoms with van der Waals surface area (Å²) in [5.74, 6) is 0.387. The van der Waals surface area contributed by atoms with E-state index in [0.717, 1.165) is 18.6 Å².